The largest absolute Gasteiger partial charge is 0.289 e. The molecule has 0 saturated heterocycles. The van der Waals surface area contributed by atoms with Crippen LogP contribution in [-0.4, -0.2) is 11.6 Å². The highest BCUT2D eigenvalue weighted by Gasteiger charge is 2.10. The molecule has 0 aliphatic carbocycles. The Balaban J connectivity index is 1.32. The fraction of sp³-hybridized carbons (Fsp3) is 0.0526. The SMILES string of the molecule is Cc1ccc(C(=O)c2cccc(C#Cc3cccc(C#Cc4cccc(C(=O)c5ccc(C)cc5)c4)c3)c2)cc1. The molecule has 0 aromatic heterocycles. The second kappa shape index (κ2) is 12.0. The van der Waals surface area contributed by atoms with Gasteiger partial charge in [0.1, 0.15) is 0 Å². The lowest BCUT2D eigenvalue weighted by Gasteiger charge is -2.02. The lowest BCUT2D eigenvalue weighted by Crippen LogP contribution is -2.01. The van der Waals surface area contributed by atoms with Crippen molar-refractivity contribution in [1.29, 1.82) is 0 Å². The third-order valence-corrected chi connectivity index (χ3v) is 6.44. The van der Waals surface area contributed by atoms with Crippen molar-refractivity contribution in [2.24, 2.45) is 0 Å². The fourth-order valence-electron chi connectivity index (χ4n) is 4.18. The molecule has 0 heterocycles. The van der Waals surface area contributed by atoms with E-state index in [1.165, 1.54) is 0 Å². The fourth-order valence-corrected chi connectivity index (χ4v) is 4.18. The number of benzene rings is 5. The molecule has 0 unspecified atom stereocenters. The molecule has 190 valence electrons. The smallest absolute Gasteiger partial charge is 0.193 e. The number of aryl methyl sites for hydroxylation is 2. The molecule has 0 fully saturated rings. The Labute approximate surface area is 235 Å². The number of carbonyl (C=O) groups excluding carboxylic acids is 2. The first-order chi connectivity index (χ1) is 19.4. The van der Waals surface area contributed by atoms with E-state index in [2.05, 4.69) is 23.7 Å². The highest BCUT2D eigenvalue weighted by atomic mass is 16.1. The highest BCUT2D eigenvalue weighted by Crippen LogP contribution is 2.14. The van der Waals surface area contributed by atoms with Crippen LogP contribution in [0.3, 0.4) is 0 Å². The number of hydrogen-bond acceptors (Lipinski definition) is 2. The van der Waals surface area contributed by atoms with Crippen LogP contribution in [0.15, 0.2) is 121 Å². The van der Waals surface area contributed by atoms with Crippen LogP contribution < -0.4 is 0 Å². The monoisotopic (exact) mass is 514 g/mol. The van der Waals surface area contributed by atoms with Gasteiger partial charge < -0.3 is 0 Å². The second-order valence-corrected chi connectivity index (χ2v) is 9.63. The first kappa shape index (κ1) is 26.2. The van der Waals surface area contributed by atoms with Gasteiger partial charge in [0, 0.05) is 44.5 Å². The number of hydrogen-bond donors (Lipinski definition) is 0. The van der Waals surface area contributed by atoms with E-state index in [9.17, 15) is 9.59 Å². The minimum absolute atomic E-state index is 0.0226. The molecule has 0 radical (unpaired) electrons. The maximum absolute atomic E-state index is 12.9. The average Bonchev–Trinajstić information content (AvgIpc) is 2.99. The standard InChI is InChI=1S/C38H26O2/c1-27-12-20-33(21-13-27)37(39)35-10-4-8-31(25-35)18-16-29-6-3-7-30(24-29)17-19-32-9-5-11-36(26-32)38(40)34-22-14-28(2)15-23-34/h3-15,20-26H,1-2H3. The molecule has 5 aromatic rings. The van der Waals surface area contributed by atoms with Gasteiger partial charge in [-0.1, -0.05) is 114 Å². The normalized spacial score (nSPS) is 10.1. The molecule has 0 aliphatic heterocycles. The topological polar surface area (TPSA) is 34.1 Å². The lowest BCUT2D eigenvalue weighted by atomic mass is 10.0. The zero-order chi connectivity index (χ0) is 27.9. The van der Waals surface area contributed by atoms with Gasteiger partial charge in [-0.3, -0.25) is 9.59 Å². The van der Waals surface area contributed by atoms with Crippen LogP contribution in [0.2, 0.25) is 0 Å². The third-order valence-electron chi connectivity index (χ3n) is 6.44. The molecule has 0 saturated carbocycles. The van der Waals surface area contributed by atoms with Crippen LogP contribution in [0.4, 0.5) is 0 Å². The van der Waals surface area contributed by atoms with E-state index in [0.717, 1.165) is 33.4 Å². The summed E-state index contributed by atoms with van der Waals surface area (Å²) < 4.78 is 0. The maximum atomic E-state index is 12.9. The van der Waals surface area contributed by atoms with Gasteiger partial charge in [0.15, 0.2) is 11.6 Å². The van der Waals surface area contributed by atoms with Gasteiger partial charge in [-0.25, -0.2) is 0 Å². The van der Waals surface area contributed by atoms with Crippen LogP contribution >= 0.6 is 0 Å². The second-order valence-electron chi connectivity index (χ2n) is 9.63. The minimum Gasteiger partial charge on any atom is -0.289 e. The summed E-state index contributed by atoms with van der Waals surface area (Å²) in [7, 11) is 0. The Kier molecular flexibility index (Phi) is 7.82. The molecule has 5 aromatic carbocycles. The van der Waals surface area contributed by atoms with E-state index in [-0.39, 0.29) is 11.6 Å². The zero-order valence-corrected chi connectivity index (χ0v) is 22.4. The van der Waals surface area contributed by atoms with E-state index < -0.39 is 0 Å². The van der Waals surface area contributed by atoms with Crippen molar-refractivity contribution in [3.8, 4) is 23.7 Å². The number of rotatable bonds is 4. The van der Waals surface area contributed by atoms with Crippen molar-refractivity contribution in [1.82, 2.24) is 0 Å². The molecule has 40 heavy (non-hydrogen) atoms. The number of ketones is 2. The first-order valence-electron chi connectivity index (χ1n) is 13.0. The minimum atomic E-state index is -0.0226. The van der Waals surface area contributed by atoms with Crippen LogP contribution in [0.5, 0.6) is 0 Å². The molecule has 0 aliphatic rings. The lowest BCUT2D eigenvalue weighted by molar-refractivity contribution is 0.103. The van der Waals surface area contributed by atoms with Crippen LogP contribution in [0, 0.1) is 37.5 Å². The van der Waals surface area contributed by atoms with E-state index in [4.69, 9.17) is 0 Å². The van der Waals surface area contributed by atoms with E-state index >= 15 is 0 Å². The Morgan fingerprint density at radius 3 is 1.10 bits per heavy atom. The molecule has 0 N–H and O–H groups in total. The molecule has 0 atom stereocenters. The molecular formula is C38H26O2. The molecule has 5 rings (SSSR count). The molecule has 0 amide bonds. The van der Waals surface area contributed by atoms with Gasteiger partial charge in [0.2, 0.25) is 0 Å². The van der Waals surface area contributed by atoms with Gasteiger partial charge in [-0.05, 0) is 56.3 Å². The summed E-state index contributed by atoms with van der Waals surface area (Å²) in [5.74, 6) is 12.7. The van der Waals surface area contributed by atoms with Gasteiger partial charge in [-0.2, -0.15) is 0 Å². The highest BCUT2D eigenvalue weighted by molar-refractivity contribution is 6.09. The van der Waals surface area contributed by atoms with Crippen molar-refractivity contribution >= 4 is 11.6 Å². The zero-order valence-electron chi connectivity index (χ0n) is 22.4. The summed E-state index contributed by atoms with van der Waals surface area (Å²) in [6, 6.07) is 37.6. The van der Waals surface area contributed by atoms with Crippen molar-refractivity contribution < 1.29 is 9.59 Å². The average molecular weight is 515 g/mol. The molecule has 0 bridgehead atoms. The summed E-state index contributed by atoms with van der Waals surface area (Å²) in [5.41, 5.74) is 7.95. The Morgan fingerprint density at radius 1 is 0.400 bits per heavy atom. The Bertz CT molecular complexity index is 1700. The summed E-state index contributed by atoms with van der Waals surface area (Å²) >= 11 is 0. The predicted octanol–water partition coefficient (Wildman–Crippen LogP) is 7.57. The summed E-state index contributed by atoms with van der Waals surface area (Å²) in [4.78, 5) is 25.8. The summed E-state index contributed by atoms with van der Waals surface area (Å²) in [5, 5.41) is 0. The maximum Gasteiger partial charge on any atom is 0.193 e. The first-order valence-corrected chi connectivity index (χ1v) is 13.0. The van der Waals surface area contributed by atoms with E-state index in [0.29, 0.717) is 22.3 Å². The van der Waals surface area contributed by atoms with Crippen molar-refractivity contribution in [2.75, 3.05) is 0 Å². The third kappa shape index (κ3) is 6.51. The predicted molar refractivity (Wildman–Crippen MR) is 161 cm³/mol. The van der Waals surface area contributed by atoms with Crippen molar-refractivity contribution in [3.63, 3.8) is 0 Å². The number of carbonyl (C=O) groups is 2. The van der Waals surface area contributed by atoms with Gasteiger partial charge in [0.05, 0.1) is 0 Å². The Hall–Kier alpha value is -5.44. The summed E-state index contributed by atoms with van der Waals surface area (Å²) in [6.07, 6.45) is 0. The molecule has 2 nitrogen and oxygen atoms in total. The van der Waals surface area contributed by atoms with Gasteiger partial charge >= 0.3 is 0 Å². The van der Waals surface area contributed by atoms with Gasteiger partial charge in [0.25, 0.3) is 0 Å². The van der Waals surface area contributed by atoms with Crippen molar-refractivity contribution in [2.45, 2.75) is 13.8 Å². The molecule has 0 spiro atoms. The quantitative estimate of drug-likeness (QED) is 0.183. The Morgan fingerprint density at radius 2 is 0.725 bits per heavy atom. The van der Waals surface area contributed by atoms with Gasteiger partial charge in [-0.15, -0.1) is 0 Å². The van der Waals surface area contributed by atoms with Crippen LogP contribution in [-0.2, 0) is 0 Å². The van der Waals surface area contributed by atoms with E-state index in [1.54, 1.807) is 0 Å². The molecular weight excluding hydrogens is 488 g/mol. The van der Waals surface area contributed by atoms with Crippen molar-refractivity contribution in [3.05, 3.63) is 177 Å². The van der Waals surface area contributed by atoms with Crippen LogP contribution in [0.1, 0.15) is 65.2 Å². The van der Waals surface area contributed by atoms with E-state index in [1.807, 2.05) is 135 Å². The molecule has 2 heteroatoms. The van der Waals surface area contributed by atoms with Crippen LogP contribution in [0.25, 0.3) is 0 Å². The summed E-state index contributed by atoms with van der Waals surface area (Å²) in [6.45, 7) is 4.00.